The molecule has 0 aromatic carbocycles. The Kier molecular flexibility index (Phi) is 5.04. The van der Waals surface area contributed by atoms with E-state index in [2.05, 4.69) is 10.3 Å². The number of rotatable bonds is 5. The van der Waals surface area contributed by atoms with Crippen molar-refractivity contribution in [2.24, 2.45) is 5.92 Å². The molecule has 1 heterocycles. The molecule has 0 fully saturated rings. The van der Waals surface area contributed by atoms with Gasteiger partial charge in [0.15, 0.2) is 0 Å². The van der Waals surface area contributed by atoms with E-state index in [1.807, 2.05) is 13.8 Å². The van der Waals surface area contributed by atoms with Gasteiger partial charge in [-0.3, -0.25) is 4.79 Å². The molecule has 0 spiro atoms. The van der Waals surface area contributed by atoms with E-state index < -0.39 is 17.9 Å². The first-order valence-electron chi connectivity index (χ1n) is 5.39. The number of hydrogen-bond donors (Lipinski definition) is 3. The number of hydrogen-bond acceptors (Lipinski definition) is 2. The monoisotopic (exact) mass is 292 g/mol. The van der Waals surface area contributed by atoms with Crippen LogP contribution < -0.4 is 5.32 Å². The lowest BCUT2D eigenvalue weighted by Crippen LogP contribution is -2.41. The van der Waals surface area contributed by atoms with Gasteiger partial charge in [0.1, 0.15) is 16.9 Å². The third-order valence-corrected chi connectivity index (χ3v) is 2.97. The predicted molar refractivity (Wildman–Crippen MR) is 69.2 cm³/mol. The normalized spacial score (nSPS) is 12.5. The summed E-state index contributed by atoms with van der Waals surface area (Å²) < 4.78 is 0. The molecule has 0 aliphatic rings. The van der Waals surface area contributed by atoms with Crippen LogP contribution in [-0.4, -0.2) is 28.0 Å². The number of aliphatic carboxylic acids is 1. The molecule has 7 heteroatoms. The standard InChI is InChI=1S/C11H14Cl2N2O3/c1-5(2)3-8(11(17)18)15-10(16)7-4-6(12)9(13)14-7/h4-5,8,14H,3H2,1-2H3,(H,15,16)(H,17,18)/t8-/m0/s1. The molecule has 0 aliphatic heterocycles. The van der Waals surface area contributed by atoms with Gasteiger partial charge < -0.3 is 15.4 Å². The first kappa shape index (κ1) is 14.9. The molecule has 1 atom stereocenters. The molecular formula is C11H14Cl2N2O3. The molecule has 1 aromatic heterocycles. The van der Waals surface area contributed by atoms with Crippen LogP contribution in [0.15, 0.2) is 6.07 Å². The van der Waals surface area contributed by atoms with E-state index in [0.29, 0.717) is 6.42 Å². The molecular weight excluding hydrogens is 279 g/mol. The van der Waals surface area contributed by atoms with E-state index in [0.717, 1.165) is 0 Å². The van der Waals surface area contributed by atoms with Crippen molar-refractivity contribution in [1.29, 1.82) is 0 Å². The van der Waals surface area contributed by atoms with Crippen LogP contribution in [0.3, 0.4) is 0 Å². The molecule has 1 rings (SSSR count). The summed E-state index contributed by atoms with van der Waals surface area (Å²) in [7, 11) is 0. The highest BCUT2D eigenvalue weighted by Gasteiger charge is 2.22. The summed E-state index contributed by atoms with van der Waals surface area (Å²) >= 11 is 11.4. The number of aromatic amines is 1. The maximum absolute atomic E-state index is 11.8. The fraction of sp³-hybridized carbons (Fsp3) is 0.455. The summed E-state index contributed by atoms with van der Waals surface area (Å²) in [5.74, 6) is -1.46. The number of carbonyl (C=O) groups is 2. The molecule has 0 saturated carbocycles. The molecule has 0 unspecified atom stereocenters. The Balaban J connectivity index is 2.75. The van der Waals surface area contributed by atoms with Crippen molar-refractivity contribution in [2.75, 3.05) is 0 Å². The first-order valence-corrected chi connectivity index (χ1v) is 6.14. The second kappa shape index (κ2) is 6.11. The number of carboxylic acid groups (broad SMARTS) is 1. The maximum Gasteiger partial charge on any atom is 0.326 e. The van der Waals surface area contributed by atoms with E-state index in [-0.39, 0.29) is 21.8 Å². The van der Waals surface area contributed by atoms with Crippen molar-refractivity contribution < 1.29 is 14.7 Å². The zero-order chi connectivity index (χ0) is 13.9. The third-order valence-electron chi connectivity index (χ3n) is 2.28. The van der Waals surface area contributed by atoms with Crippen molar-refractivity contribution in [3.05, 3.63) is 21.9 Å². The number of nitrogens with one attached hydrogen (secondary N) is 2. The lowest BCUT2D eigenvalue weighted by atomic mass is 10.0. The SMILES string of the molecule is CC(C)C[C@H](NC(=O)c1cc(Cl)c(Cl)[nH]1)C(=O)O. The molecule has 1 aromatic rings. The Morgan fingerprint density at radius 1 is 1.44 bits per heavy atom. The second-order valence-corrected chi connectivity index (χ2v) is 5.12. The Morgan fingerprint density at radius 2 is 2.06 bits per heavy atom. The third kappa shape index (κ3) is 3.92. The highest BCUT2D eigenvalue weighted by atomic mass is 35.5. The summed E-state index contributed by atoms with van der Waals surface area (Å²) in [4.78, 5) is 25.4. The van der Waals surface area contributed by atoms with Crippen LogP contribution in [0.1, 0.15) is 30.8 Å². The molecule has 0 bridgehead atoms. The Bertz CT molecular complexity index is 438. The fourth-order valence-electron chi connectivity index (χ4n) is 1.46. The molecule has 0 aliphatic carbocycles. The topological polar surface area (TPSA) is 82.2 Å². The predicted octanol–water partition coefficient (Wildman–Crippen LogP) is 2.55. The quantitative estimate of drug-likeness (QED) is 0.780. The van der Waals surface area contributed by atoms with Gasteiger partial charge in [0.2, 0.25) is 0 Å². The minimum Gasteiger partial charge on any atom is -0.480 e. The number of H-pyrrole nitrogens is 1. The van der Waals surface area contributed by atoms with Crippen LogP contribution in [0.4, 0.5) is 0 Å². The Morgan fingerprint density at radius 3 is 2.44 bits per heavy atom. The minimum absolute atomic E-state index is 0.139. The second-order valence-electron chi connectivity index (χ2n) is 4.34. The van der Waals surface area contributed by atoms with Crippen molar-refractivity contribution in [3.63, 3.8) is 0 Å². The number of amides is 1. The van der Waals surface area contributed by atoms with Crippen molar-refractivity contribution >= 4 is 35.1 Å². The van der Waals surface area contributed by atoms with Crippen LogP contribution >= 0.6 is 23.2 Å². The molecule has 3 N–H and O–H groups in total. The summed E-state index contributed by atoms with van der Waals surface area (Å²) in [6.07, 6.45) is 0.350. The van der Waals surface area contributed by atoms with Crippen molar-refractivity contribution in [3.8, 4) is 0 Å². The van der Waals surface area contributed by atoms with Crippen molar-refractivity contribution in [2.45, 2.75) is 26.3 Å². The van der Waals surface area contributed by atoms with Crippen LogP contribution in [0.5, 0.6) is 0 Å². The van der Waals surface area contributed by atoms with E-state index in [4.69, 9.17) is 28.3 Å². The van der Waals surface area contributed by atoms with Crippen LogP contribution in [0.2, 0.25) is 10.2 Å². The molecule has 100 valence electrons. The molecule has 5 nitrogen and oxygen atoms in total. The Hall–Kier alpha value is -1.20. The van der Waals surface area contributed by atoms with Gasteiger partial charge in [-0.2, -0.15) is 0 Å². The zero-order valence-electron chi connectivity index (χ0n) is 9.96. The average Bonchev–Trinajstić information content (AvgIpc) is 2.57. The number of carbonyl (C=O) groups excluding carboxylic acids is 1. The average molecular weight is 293 g/mol. The van der Waals surface area contributed by atoms with Gasteiger partial charge in [-0.15, -0.1) is 0 Å². The van der Waals surface area contributed by atoms with Crippen LogP contribution in [0, 0.1) is 5.92 Å². The number of carboxylic acids is 1. The largest absolute Gasteiger partial charge is 0.480 e. The van der Waals surface area contributed by atoms with Gasteiger partial charge in [0, 0.05) is 0 Å². The summed E-state index contributed by atoms with van der Waals surface area (Å²) in [6, 6.07) is 0.423. The summed E-state index contributed by atoms with van der Waals surface area (Å²) in [5, 5.41) is 11.8. The first-order chi connectivity index (χ1) is 8.31. The van der Waals surface area contributed by atoms with Crippen LogP contribution in [-0.2, 0) is 4.79 Å². The molecule has 1 amide bonds. The highest BCUT2D eigenvalue weighted by Crippen LogP contribution is 2.21. The maximum atomic E-state index is 11.8. The highest BCUT2D eigenvalue weighted by molar-refractivity contribution is 6.41. The van der Waals surface area contributed by atoms with E-state index >= 15 is 0 Å². The van der Waals surface area contributed by atoms with Gasteiger partial charge in [0.25, 0.3) is 5.91 Å². The van der Waals surface area contributed by atoms with Gasteiger partial charge in [0.05, 0.1) is 5.02 Å². The number of aromatic nitrogens is 1. The smallest absolute Gasteiger partial charge is 0.326 e. The lowest BCUT2D eigenvalue weighted by Gasteiger charge is -2.15. The van der Waals surface area contributed by atoms with Gasteiger partial charge >= 0.3 is 5.97 Å². The lowest BCUT2D eigenvalue weighted by molar-refractivity contribution is -0.139. The fourth-order valence-corrected chi connectivity index (χ4v) is 1.77. The van der Waals surface area contributed by atoms with Gasteiger partial charge in [-0.1, -0.05) is 37.0 Å². The summed E-state index contributed by atoms with van der Waals surface area (Å²) in [6.45, 7) is 3.76. The van der Waals surface area contributed by atoms with E-state index in [9.17, 15) is 9.59 Å². The van der Waals surface area contributed by atoms with Gasteiger partial charge in [-0.05, 0) is 18.4 Å². The molecule has 0 saturated heterocycles. The zero-order valence-corrected chi connectivity index (χ0v) is 11.5. The Labute approximate surface area is 114 Å². The van der Waals surface area contributed by atoms with Crippen molar-refractivity contribution in [1.82, 2.24) is 10.3 Å². The van der Waals surface area contributed by atoms with E-state index in [1.165, 1.54) is 6.07 Å². The van der Waals surface area contributed by atoms with E-state index in [1.54, 1.807) is 0 Å². The minimum atomic E-state index is -1.07. The van der Waals surface area contributed by atoms with Crippen LogP contribution in [0.25, 0.3) is 0 Å². The van der Waals surface area contributed by atoms with Gasteiger partial charge in [-0.25, -0.2) is 4.79 Å². The molecule has 0 radical (unpaired) electrons. The molecule has 18 heavy (non-hydrogen) atoms. The number of halogens is 2. The summed E-state index contributed by atoms with van der Waals surface area (Å²) in [5.41, 5.74) is 0.139.